The number of rotatable bonds is 4. The summed E-state index contributed by atoms with van der Waals surface area (Å²) in [6, 6.07) is 23.4. The number of aromatic nitrogens is 4. The monoisotopic (exact) mass is 447 g/mol. The van der Waals surface area contributed by atoms with E-state index >= 15 is 0 Å². The highest BCUT2D eigenvalue weighted by molar-refractivity contribution is 7.99. The first-order valence-corrected chi connectivity index (χ1v) is 11.2. The van der Waals surface area contributed by atoms with Crippen LogP contribution in [0.5, 0.6) is 0 Å². The van der Waals surface area contributed by atoms with Gasteiger partial charge in [0.05, 0.1) is 22.8 Å². The number of hydrogen-bond acceptors (Lipinski definition) is 5. The zero-order valence-electron chi connectivity index (χ0n) is 16.5. The van der Waals surface area contributed by atoms with Gasteiger partial charge in [0.2, 0.25) is 11.1 Å². The van der Waals surface area contributed by atoms with Crippen LogP contribution in [0.1, 0.15) is 11.1 Å². The van der Waals surface area contributed by atoms with E-state index in [0.29, 0.717) is 10.2 Å². The van der Waals surface area contributed by atoms with Crippen molar-refractivity contribution in [2.75, 3.05) is 10.7 Å². The summed E-state index contributed by atoms with van der Waals surface area (Å²) in [5, 5.41) is 13.1. The van der Waals surface area contributed by atoms with Gasteiger partial charge in [-0.3, -0.25) is 9.69 Å². The van der Waals surface area contributed by atoms with Crippen LogP contribution in [0.3, 0.4) is 0 Å². The molecule has 0 radical (unpaired) electrons. The summed E-state index contributed by atoms with van der Waals surface area (Å²) in [5.74, 6) is 0.189. The molecule has 8 heteroatoms. The second-order valence-corrected chi connectivity index (χ2v) is 8.50. The number of carbonyl (C=O) groups excluding carboxylic acids is 1. The highest BCUT2D eigenvalue weighted by Crippen LogP contribution is 2.36. The molecule has 1 aliphatic heterocycles. The maximum atomic E-state index is 13.5. The van der Waals surface area contributed by atoms with E-state index < -0.39 is 0 Å². The van der Waals surface area contributed by atoms with E-state index in [4.69, 9.17) is 11.6 Å². The van der Waals surface area contributed by atoms with Gasteiger partial charge in [0.25, 0.3) is 0 Å². The Kier molecular flexibility index (Phi) is 5.44. The number of hydrogen-bond donors (Lipinski definition) is 0. The molecule has 1 aliphatic rings. The summed E-state index contributed by atoms with van der Waals surface area (Å²) in [6.07, 6.45) is 1.80. The van der Waals surface area contributed by atoms with Crippen molar-refractivity contribution < 1.29 is 4.79 Å². The van der Waals surface area contributed by atoms with E-state index in [-0.39, 0.29) is 11.7 Å². The molecule has 0 fully saturated rings. The molecular weight excluding hydrogens is 430 g/mol. The van der Waals surface area contributed by atoms with Crippen LogP contribution in [0.25, 0.3) is 5.69 Å². The van der Waals surface area contributed by atoms with E-state index in [1.54, 1.807) is 16.8 Å². The van der Waals surface area contributed by atoms with E-state index in [1.165, 1.54) is 22.9 Å². The highest BCUT2D eigenvalue weighted by Gasteiger charge is 2.26. The Morgan fingerprint density at radius 3 is 2.16 bits per heavy atom. The average Bonchev–Trinajstić information content (AvgIpc) is 3.20. The third kappa shape index (κ3) is 3.94. The third-order valence-electron chi connectivity index (χ3n) is 5.21. The van der Waals surface area contributed by atoms with Gasteiger partial charge in [0.15, 0.2) is 0 Å². The number of para-hydroxylation sites is 2. The highest BCUT2D eigenvalue weighted by atomic mass is 35.5. The lowest BCUT2D eigenvalue weighted by molar-refractivity contribution is -0.115. The second kappa shape index (κ2) is 8.53. The minimum atomic E-state index is -0.0162. The first-order valence-electron chi connectivity index (χ1n) is 9.86. The van der Waals surface area contributed by atoms with Gasteiger partial charge in [0, 0.05) is 5.02 Å². The van der Waals surface area contributed by atoms with Gasteiger partial charge >= 0.3 is 0 Å². The topological polar surface area (TPSA) is 63.9 Å². The molecular formula is C23H18ClN5OS. The molecule has 0 saturated heterocycles. The summed E-state index contributed by atoms with van der Waals surface area (Å²) in [4.78, 5) is 15.3. The predicted octanol–water partition coefficient (Wildman–Crippen LogP) is 4.87. The molecule has 2 heterocycles. The van der Waals surface area contributed by atoms with Crippen LogP contribution in [-0.4, -0.2) is 31.9 Å². The van der Waals surface area contributed by atoms with Gasteiger partial charge in [-0.25, -0.2) is 0 Å². The van der Waals surface area contributed by atoms with E-state index in [2.05, 4.69) is 27.7 Å². The van der Waals surface area contributed by atoms with Crippen molar-refractivity contribution in [1.29, 1.82) is 0 Å². The summed E-state index contributed by atoms with van der Waals surface area (Å²) in [7, 11) is 0. The minimum Gasteiger partial charge on any atom is -0.280 e. The number of thioether (sulfide) groups is 1. The lowest BCUT2D eigenvalue weighted by atomic mass is 10.0. The average molecular weight is 448 g/mol. The summed E-state index contributed by atoms with van der Waals surface area (Å²) >= 11 is 7.29. The molecule has 0 bridgehead atoms. The molecule has 4 aromatic rings. The van der Waals surface area contributed by atoms with Gasteiger partial charge in [-0.05, 0) is 70.8 Å². The lowest BCUT2D eigenvalue weighted by Gasteiger charge is -2.24. The van der Waals surface area contributed by atoms with E-state index in [9.17, 15) is 4.79 Å². The molecule has 3 aromatic carbocycles. The van der Waals surface area contributed by atoms with Crippen LogP contribution >= 0.6 is 23.4 Å². The number of fused-ring (bicyclic) bond motifs is 2. The summed E-state index contributed by atoms with van der Waals surface area (Å²) in [5.41, 5.74) is 5.01. The quantitative estimate of drug-likeness (QED) is 0.417. The summed E-state index contributed by atoms with van der Waals surface area (Å²) in [6.45, 7) is 0. The van der Waals surface area contributed by atoms with Crippen molar-refractivity contribution in [3.05, 3.63) is 88.9 Å². The molecule has 0 saturated carbocycles. The molecule has 1 aromatic heterocycles. The number of benzene rings is 3. The van der Waals surface area contributed by atoms with Crippen LogP contribution in [0.4, 0.5) is 11.4 Å². The van der Waals surface area contributed by atoms with Crippen LogP contribution in [0.15, 0.2) is 78.0 Å². The van der Waals surface area contributed by atoms with Crippen LogP contribution < -0.4 is 4.90 Å². The van der Waals surface area contributed by atoms with Crippen LogP contribution in [-0.2, 0) is 17.6 Å². The Hall–Kier alpha value is -3.16. The molecule has 0 aliphatic carbocycles. The number of tetrazole rings is 1. The minimum absolute atomic E-state index is 0.0162. The van der Waals surface area contributed by atoms with Crippen LogP contribution in [0, 0.1) is 0 Å². The fraction of sp³-hybridized carbons (Fsp3) is 0.130. The molecule has 0 unspecified atom stereocenters. The fourth-order valence-electron chi connectivity index (χ4n) is 3.75. The number of aryl methyl sites for hydroxylation is 2. The Bertz CT molecular complexity index is 1190. The van der Waals surface area contributed by atoms with E-state index in [1.807, 2.05) is 53.4 Å². The van der Waals surface area contributed by atoms with Crippen molar-refractivity contribution in [3.63, 3.8) is 0 Å². The molecule has 6 nitrogen and oxygen atoms in total. The first-order chi connectivity index (χ1) is 15.2. The lowest BCUT2D eigenvalue weighted by Crippen LogP contribution is -2.28. The second-order valence-electron chi connectivity index (χ2n) is 7.12. The molecule has 31 heavy (non-hydrogen) atoms. The maximum absolute atomic E-state index is 13.5. The third-order valence-corrected chi connectivity index (χ3v) is 6.37. The van der Waals surface area contributed by atoms with Gasteiger partial charge in [-0.1, -0.05) is 59.8 Å². The molecule has 0 atom stereocenters. The molecule has 0 spiro atoms. The maximum Gasteiger partial charge on any atom is 0.242 e. The first kappa shape index (κ1) is 19.8. The normalized spacial score (nSPS) is 12.7. The Morgan fingerprint density at radius 1 is 0.903 bits per heavy atom. The van der Waals surface area contributed by atoms with Crippen molar-refractivity contribution in [1.82, 2.24) is 20.2 Å². The Labute approximate surface area is 188 Å². The smallest absolute Gasteiger partial charge is 0.242 e. The molecule has 0 N–H and O–H groups in total. The summed E-state index contributed by atoms with van der Waals surface area (Å²) < 4.78 is 1.61. The number of amides is 1. The SMILES string of the molecule is O=C(CSc1nnnn1-c1ccc(Cl)cc1)N1c2ccccc2CCc2ccccc21. The van der Waals surface area contributed by atoms with Crippen molar-refractivity contribution in [3.8, 4) is 5.69 Å². The zero-order chi connectivity index (χ0) is 21.2. The fourth-order valence-corrected chi connectivity index (χ4v) is 4.62. The van der Waals surface area contributed by atoms with Crippen molar-refractivity contribution in [2.24, 2.45) is 0 Å². The van der Waals surface area contributed by atoms with Gasteiger partial charge in [-0.15, -0.1) is 5.10 Å². The van der Waals surface area contributed by atoms with Crippen LogP contribution in [0.2, 0.25) is 5.02 Å². The Balaban J connectivity index is 1.43. The number of nitrogens with zero attached hydrogens (tertiary/aromatic N) is 5. The van der Waals surface area contributed by atoms with Gasteiger partial charge < -0.3 is 0 Å². The standard InChI is InChI=1S/C23H18ClN5OS/c24-18-11-13-19(14-12-18)29-23(25-26-27-29)31-15-22(30)28-20-7-3-1-5-16(20)9-10-17-6-2-4-8-21(17)28/h1-8,11-14H,9-10,15H2. The molecule has 154 valence electrons. The van der Waals surface area contributed by atoms with Gasteiger partial charge in [-0.2, -0.15) is 4.68 Å². The number of halogens is 1. The largest absolute Gasteiger partial charge is 0.280 e. The molecule has 1 amide bonds. The van der Waals surface area contributed by atoms with E-state index in [0.717, 1.165) is 29.9 Å². The Morgan fingerprint density at radius 2 is 1.52 bits per heavy atom. The predicted molar refractivity (Wildman–Crippen MR) is 122 cm³/mol. The number of anilines is 2. The zero-order valence-corrected chi connectivity index (χ0v) is 18.1. The molecule has 5 rings (SSSR count). The van der Waals surface area contributed by atoms with Gasteiger partial charge in [0.1, 0.15) is 0 Å². The number of carbonyl (C=O) groups is 1. The van der Waals surface area contributed by atoms with Crippen molar-refractivity contribution in [2.45, 2.75) is 18.0 Å². The van der Waals surface area contributed by atoms with Crippen molar-refractivity contribution >= 4 is 40.6 Å².